The molecule has 0 aliphatic carbocycles. The van der Waals surface area contributed by atoms with E-state index in [0.717, 1.165) is 16.7 Å². The Labute approximate surface area is 168 Å². The van der Waals surface area contributed by atoms with E-state index < -0.39 is 0 Å². The van der Waals surface area contributed by atoms with Crippen molar-refractivity contribution in [3.8, 4) is 23.8 Å². The number of ether oxygens (including phenoxy) is 2. The first-order chi connectivity index (χ1) is 13.7. The second-order valence-corrected chi connectivity index (χ2v) is 6.38. The maximum atomic E-state index is 12.1. The van der Waals surface area contributed by atoms with E-state index in [1.807, 2.05) is 30.3 Å². The summed E-state index contributed by atoms with van der Waals surface area (Å²) in [5, 5.41) is 4.22. The summed E-state index contributed by atoms with van der Waals surface area (Å²) in [6.45, 7) is 0.659. The Hall–Kier alpha value is -3.23. The first kappa shape index (κ1) is 19.5. The van der Waals surface area contributed by atoms with Crippen molar-refractivity contribution in [3.05, 3.63) is 65.3 Å². The van der Waals surface area contributed by atoms with Gasteiger partial charge in [-0.15, -0.1) is 6.42 Å². The molecule has 0 radical (unpaired) electrons. The van der Waals surface area contributed by atoms with Crippen LogP contribution in [0.4, 0.5) is 0 Å². The molecule has 2 aromatic carbocycles. The number of amides is 1. The van der Waals surface area contributed by atoms with Crippen LogP contribution < -0.4 is 14.8 Å². The number of fused-ring (bicyclic) bond motifs is 1. The lowest BCUT2D eigenvalue weighted by molar-refractivity contribution is -0.123. The summed E-state index contributed by atoms with van der Waals surface area (Å²) in [6, 6.07) is 14.7. The molecule has 0 atom stereocenters. The lowest BCUT2D eigenvalue weighted by Crippen LogP contribution is -2.30. The number of hydrogen-bond acceptors (Lipinski definition) is 4. The molecule has 3 aromatic rings. The summed E-state index contributed by atoms with van der Waals surface area (Å²) in [6.07, 6.45) is 7.52. The van der Waals surface area contributed by atoms with Crippen molar-refractivity contribution in [2.45, 2.75) is 6.42 Å². The highest BCUT2D eigenvalue weighted by Crippen LogP contribution is 2.29. The Morgan fingerprint density at radius 3 is 2.75 bits per heavy atom. The highest BCUT2D eigenvalue weighted by atomic mass is 35.5. The largest absolute Gasteiger partial charge is 0.481 e. The molecule has 0 saturated carbocycles. The minimum atomic E-state index is -0.201. The number of pyridine rings is 1. The van der Waals surface area contributed by atoms with E-state index in [4.69, 9.17) is 27.5 Å². The second kappa shape index (κ2) is 9.63. The van der Waals surface area contributed by atoms with Crippen LogP contribution in [0.3, 0.4) is 0 Å². The number of carbonyl (C=O) groups excluding carboxylic acids is 1. The van der Waals surface area contributed by atoms with Gasteiger partial charge >= 0.3 is 0 Å². The van der Waals surface area contributed by atoms with Gasteiger partial charge in [-0.2, -0.15) is 0 Å². The molecule has 0 unspecified atom stereocenters. The quantitative estimate of drug-likeness (QED) is 0.592. The van der Waals surface area contributed by atoms with E-state index >= 15 is 0 Å². The van der Waals surface area contributed by atoms with Crippen molar-refractivity contribution in [1.29, 1.82) is 0 Å². The smallest absolute Gasteiger partial charge is 0.257 e. The number of aromatic nitrogens is 1. The van der Waals surface area contributed by atoms with Gasteiger partial charge in [0.2, 0.25) is 0 Å². The number of terminal acetylenes is 1. The summed E-state index contributed by atoms with van der Waals surface area (Å²) >= 11 is 6.16. The monoisotopic (exact) mass is 394 g/mol. The second-order valence-electron chi connectivity index (χ2n) is 5.97. The van der Waals surface area contributed by atoms with Crippen molar-refractivity contribution in [2.24, 2.45) is 0 Å². The third-order valence-corrected chi connectivity index (χ3v) is 4.35. The molecular formula is C22H19ClN2O3. The average Bonchev–Trinajstić information content (AvgIpc) is 2.73. The fourth-order valence-corrected chi connectivity index (χ4v) is 2.86. The van der Waals surface area contributed by atoms with Gasteiger partial charge in [0.1, 0.15) is 23.6 Å². The molecule has 5 nitrogen and oxygen atoms in total. The molecule has 0 bridgehead atoms. The number of carbonyl (C=O) groups is 1. The summed E-state index contributed by atoms with van der Waals surface area (Å²) in [7, 11) is 0. The minimum Gasteiger partial charge on any atom is -0.481 e. The first-order valence-electron chi connectivity index (χ1n) is 8.75. The van der Waals surface area contributed by atoms with E-state index in [1.54, 1.807) is 24.4 Å². The molecule has 0 fully saturated rings. The summed E-state index contributed by atoms with van der Waals surface area (Å²) in [5.74, 6) is 3.47. The van der Waals surface area contributed by atoms with Gasteiger partial charge in [0.05, 0.1) is 5.02 Å². The maximum Gasteiger partial charge on any atom is 0.257 e. The summed E-state index contributed by atoms with van der Waals surface area (Å²) in [4.78, 5) is 16.3. The molecule has 28 heavy (non-hydrogen) atoms. The number of hydrogen-bond donors (Lipinski definition) is 1. The third kappa shape index (κ3) is 5.15. The predicted molar refractivity (Wildman–Crippen MR) is 110 cm³/mol. The normalized spacial score (nSPS) is 10.3. The molecule has 3 rings (SSSR count). The van der Waals surface area contributed by atoms with Crippen molar-refractivity contribution in [1.82, 2.24) is 10.3 Å². The van der Waals surface area contributed by atoms with E-state index in [0.29, 0.717) is 29.3 Å². The molecule has 1 amide bonds. The van der Waals surface area contributed by atoms with Crippen molar-refractivity contribution < 1.29 is 14.3 Å². The third-order valence-electron chi connectivity index (χ3n) is 4.02. The standard InChI is InChI=1S/C22H19ClN2O3/c1-2-14-27-17-7-5-16(6-8-17)11-13-24-21(26)15-28-20-10-9-19(23)18-4-3-12-25-22(18)20/h1,3-10,12H,11,13-15H2,(H,24,26). The van der Waals surface area contributed by atoms with Crippen molar-refractivity contribution in [2.75, 3.05) is 19.8 Å². The van der Waals surface area contributed by atoms with Crippen LogP contribution in [0.2, 0.25) is 5.02 Å². The average molecular weight is 395 g/mol. The Bertz CT molecular complexity index is 997. The van der Waals surface area contributed by atoms with Crippen LogP contribution in [0.1, 0.15) is 5.56 Å². The molecule has 6 heteroatoms. The van der Waals surface area contributed by atoms with Gasteiger partial charge in [-0.3, -0.25) is 9.78 Å². The number of nitrogens with one attached hydrogen (secondary N) is 1. The molecule has 1 aromatic heterocycles. The van der Waals surface area contributed by atoms with Crippen molar-refractivity contribution >= 4 is 28.4 Å². The van der Waals surface area contributed by atoms with Gasteiger partial charge in [0, 0.05) is 18.1 Å². The summed E-state index contributed by atoms with van der Waals surface area (Å²) < 4.78 is 11.0. The lowest BCUT2D eigenvalue weighted by Gasteiger charge is -2.10. The Morgan fingerprint density at radius 2 is 1.96 bits per heavy atom. The van der Waals surface area contributed by atoms with Crippen LogP contribution >= 0.6 is 11.6 Å². The number of halogens is 1. The predicted octanol–water partition coefficient (Wildman–Crippen LogP) is 3.64. The highest BCUT2D eigenvalue weighted by molar-refractivity contribution is 6.35. The van der Waals surface area contributed by atoms with Gasteiger partial charge in [-0.1, -0.05) is 29.7 Å². The molecule has 0 aliphatic heterocycles. The van der Waals surface area contributed by atoms with Crippen LogP contribution in [0, 0.1) is 12.3 Å². The van der Waals surface area contributed by atoms with Crippen LogP contribution in [-0.2, 0) is 11.2 Å². The fraction of sp³-hybridized carbons (Fsp3) is 0.182. The van der Waals surface area contributed by atoms with E-state index in [2.05, 4.69) is 16.2 Å². The zero-order valence-electron chi connectivity index (χ0n) is 15.2. The first-order valence-corrected chi connectivity index (χ1v) is 9.13. The Balaban J connectivity index is 1.47. The SMILES string of the molecule is C#CCOc1ccc(CCNC(=O)COc2ccc(Cl)c3cccnc23)cc1. The fourth-order valence-electron chi connectivity index (χ4n) is 2.65. The molecule has 0 aliphatic rings. The van der Waals surface area contributed by atoms with Gasteiger partial charge in [0.25, 0.3) is 5.91 Å². The molecule has 0 spiro atoms. The summed E-state index contributed by atoms with van der Waals surface area (Å²) in [5.41, 5.74) is 1.72. The molecule has 1 N–H and O–H groups in total. The van der Waals surface area contributed by atoms with Gasteiger partial charge in [-0.05, 0) is 48.4 Å². The Kier molecular flexibility index (Phi) is 6.72. The number of nitrogens with zero attached hydrogens (tertiary/aromatic N) is 1. The van der Waals surface area contributed by atoms with Crippen LogP contribution in [-0.4, -0.2) is 30.6 Å². The highest BCUT2D eigenvalue weighted by Gasteiger charge is 2.09. The molecule has 1 heterocycles. The lowest BCUT2D eigenvalue weighted by atomic mass is 10.1. The van der Waals surface area contributed by atoms with E-state index in [1.165, 1.54) is 0 Å². The van der Waals surface area contributed by atoms with Crippen molar-refractivity contribution in [3.63, 3.8) is 0 Å². The zero-order chi connectivity index (χ0) is 19.8. The van der Waals surface area contributed by atoms with E-state index in [9.17, 15) is 4.79 Å². The minimum absolute atomic E-state index is 0.0911. The van der Waals surface area contributed by atoms with Gasteiger partial charge in [0.15, 0.2) is 6.61 Å². The van der Waals surface area contributed by atoms with Gasteiger partial charge in [-0.25, -0.2) is 0 Å². The number of rotatable bonds is 8. The number of benzene rings is 2. The van der Waals surface area contributed by atoms with Crippen LogP contribution in [0.25, 0.3) is 10.9 Å². The molecule has 0 saturated heterocycles. The molecule has 142 valence electrons. The molecular weight excluding hydrogens is 376 g/mol. The van der Waals surface area contributed by atoms with E-state index in [-0.39, 0.29) is 19.1 Å². The van der Waals surface area contributed by atoms with Gasteiger partial charge < -0.3 is 14.8 Å². The zero-order valence-corrected chi connectivity index (χ0v) is 15.9. The van der Waals surface area contributed by atoms with Crippen LogP contribution in [0.15, 0.2) is 54.7 Å². The topological polar surface area (TPSA) is 60.5 Å². The Morgan fingerprint density at radius 1 is 1.14 bits per heavy atom. The maximum absolute atomic E-state index is 12.1. The van der Waals surface area contributed by atoms with Crippen LogP contribution in [0.5, 0.6) is 11.5 Å².